The Balaban J connectivity index is 1.61. The average molecular weight is 530 g/mol. The molecule has 0 spiro atoms. The maximum Gasteiger partial charge on any atom is 0.309 e. The topological polar surface area (TPSA) is 132 Å². The second kappa shape index (κ2) is 10.3. The number of hydrogen-bond donors (Lipinski definition) is 3. The minimum atomic E-state index is -1.27. The molecule has 3 aliphatic rings. The molecular weight excluding hydrogens is 486 g/mol. The van der Waals surface area contributed by atoms with Crippen molar-refractivity contribution >= 4 is 17.4 Å². The van der Waals surface area contributed by atoms with E-state index in [1.54, 1.807) is 45.9 Å². The SMILES string of the molecule is C=C(C)Oc1ccc([C@@H]2CC3OC3(C)CC3CC3[C@H](C)[C@H](O)[C@@H](C)C(=O)C(C)(C)[C@@H](O)CC(=O)O2)cc1N. The predicted molar refractivity (Wildman–Crippen MR) is 143 cm³/mol. The summed E-state index contributed by atoms with van der Waals surface area (Å²) >= 11 is 0. The molecule has 2 aliphatic heterocycles. The third-order valence-corrected chi connectivity index (χ3v) is 9.04. The molecule has 0 radical (unpaired) electrons. The quantitative estimate of drug-likeness (QED) is 0.228. The molecule has 1 saturated carbocycles. The first-order valence-electron chi connectivity index (χ1n) is 13.6. The second-order valence-electron chi connectivity index (χ2n) is 12.5. The number of carbonyl (C=O) groups excluding carboxylic acids is 2. The number of nitrogen functional groups attached to an aromatic ring is 1. The number of benzene rings is 1. The Morgan fingerprint density at radius 3 is 2.47 bits per heavy atom. The predicted octanol–water partition coefficient (Wildman–Crippen LogP) is 4.33. The van der Waals surface area contributed by atoms with Gasteiger partial charge in [0.2, 0.25) is 0 Å². The van der Waals surface area contributed by atoms with Crippen molar-refractivity contribution < 1.29 is 34.0 Å². The zero-order valence-electron chi connectivity index (χ0n) is 23.4. The first-order valence-corrected chi connectivity index (χ1v) is 13.6. The minimum Gasteiger partial charge on any atom is -0.460 e. The molecule has 8 heteroatoms. The first kappa shape index (κ1) is 28.6. The van der Waals surface area contributed by atoms with E-state index in [1.165, 1.54) is 0 Å². The van der Waals surface area contributed by atoms with Crippen LogP contribution in [0.15, 0.2) is 30.5 Å². The largest absolute Gasteiger partial charge is 0.460 e. The fraction of sp³-hybridized carbons (Fsp3) is 0.667. The number of rotatable bonds is 3. The summed E-state index contributed by atoms with van der Waals surface area (Å²) in [7, 11) is 0. The van der Waals surface area contributed by atoms with E-state index in [0.717, 1.165) is 12.8 Å². The summed E-state index contributed by atoms with van der Waals surface area (Å²) in [6.45, 7) is 14.5. The Bertz CT molecular complexity index is 1100. The Hall–Kier alpha value is -2.42. The van der Waals surface area contributed by atoms with E-state index in [4.69, 9.17) is 19.9 Å². The van der Waals surface area contributed by atoms with Gasteiger partial charge in [-0.2, -0.15) is 0 Å². The van der Waals surface area contributed by atoms with E-state index < -0.39 is 35.6 Å². The number of fused-ring (bicyclic) bond motifs is 2. The van der Waals surface area contributed by atoms with Gasteiger partial charge in [0, 0.05) is 12.3 Å². The molecule has 0 amide bonds. The van der Waals surface area contributed by atoms with Gasteiger partial charge in [-0.15, -0.1) is 0 Å². The summed E-state index contributed by atoms with van der Waals surface area (Å²) in [6.07, 6.45) is -0.933. The number of esters is 1. The molecule has 1 aromatic carbocycles. The van der Waals surface area contributed by atoms with Gasteiger partial charge in [-0.05, 0) is 62.1 Å². The lowest BCUT2D eigenvalue weighted by Crippen LogP contribution is -2.46. The van der Waals surface area contributed by atoms with Crippen molar-refractivity contribution in [2.45, 2.75) is 97.2 Å². The number of hydrogen-bond acceptors (Lipinski definition) is 8. The lowest BCUT2D eigenvalue weighted by atomic mass is 9.72. The molecule has 4 N–H and O–H groups in total. The van der Waals surface area contributed by atoms with Crippen LogP contribution in [0.3, 0.4) is 0 Å². The van der Waals surface area contributed by atoms with E-state index in [1.807, 2.05) is 6.92 Å². The van der Waals surface area contributed by atoms with E-state index in [-0.39, 0.29) is 29.8 Å². The summed E-state index contributed by atoms with van der Waals surface area (Å²) < 4.78 is 17.6. The molecule has 3 fully saturated rings. The number of epoxide rings is 1. The van der Waals surface area contributed by atoms with Crippen molar-refractivity contribution in [3.63, 3.8) is 0 Å². The van der Waals surface area contributed by atoms with Gasteiger partial charge < -0.3 is 30.2 Å². The Kier molecular flexibility index (Phi) is 7.73. The number of cyclic esters (lactones) is 1. The van der Waals surface area contributed by atoms with Gasteiger partial charge in [0.15, 0.2) is 0 Å². The average Bonchev–Trinajstić information content (AvgIpc) is 3.73. The molecule has 9 atom stereocenters. The molecule has 210 valence electrons. The van der Waals surface area contributed by atoms with Crippen molar-refractivity contribution in [1.29, 1.82) is 0 Å². The number of ether oxygens (including phenoxy) is 3. The van der Waals surface area contributed by atoms with E-state index in [9.17, 15) is 19.8 Å². The maximum atomic E-state index is 13.4. The number of anilines is 1. The zero-order valence-corrected chi connectivity index (χ0v) is 23.4. The van der Waals surface area contributed by atoms with Crippen LogP contribution in [0.5, 0.6) is 5.75 Å². The fourth-order valence-electron chi connectivity index (χ4n) is 6.17. The lowest BCUT2D eigenvalue weighted by Gasteiger charge is -2.34. The van der Waals surface area contributed by atoms with Crippen LogP contribution in [0.25, 0.3) is 0 Å². The Morgan fingerprint density at radius 2 is 1.84 bits per heavy atom. The smallest absolute Gasteiger partial charge is 0.309 e. The van der Waals surface area contributed by atoms with Crippen molar-refractivity contribution in [1.82, 2.24) is 0 Å². The second-order valence-corrected chi connectivity index (χ2v) is 12.5. The number of Topliss-reactive ketones (excluding diaryl/α,β-unsaturated/α-hetero) is 1. The highest BCUT2D eigenvalue weighted by Gasteiger charge is 2.58. The molecular formula is C30H43NO7. The van der Waals surface area contributed by atoms with Crippen LogP contribution in [0, 0.1) is 29.1 Å². The Morgan fingerprint density at radius 1 is 1.16 bits per heavy atom. The van der Waals surface area contributed by atoms with E-state index in [0.29, 0.717) is 41.0 Å². The van der Waals surface area contributed by atoms with Gasteiger partial charge in [-0.1, -0.05) is 40.3 Å². The zero-order chi connectivity index (χ0) is 28.2. The van der Waals surface area contributed by atoms with Crippen molar-refractivity contribution in [2.24, 2.45) is 29.1 Å². The number of ketones is 1. The van der Waals surface area contributed by atoms with Gasteiger partial charge in [-0.3, -0.25) is 9.59 Å². The maximum absolute atomic E-state index is 13.4. The molecule has 0 aromatic heterocycles. The van der Waals surface area contributed by atoms with Crippen LogP contribution in [-0.4, -0.2) is 45.9 Å². The molecule has 0 bridgehead atoms. The number of aliphatic hydroxyl groups is 2. The van der Waals surface area contributed by atoms with E-state index >= 15 is 0 Å². The van der Waals surface area contributed by atoms with Crippen molar-refractivity contribution in [2.75, 3.05) is 5.73 Å². The summed E-state index contributed by atoms with van der Waals surface area (Å²) in [4.78, 5) is 26.4. The number of aliphatic hydroxyl groups excluding tert-OH is 2. The van der Waals surface area contributed by atoms with Crippen molar-refractivity contribution in [3.8, 4) is 5.75 Å². The summed E-state index contributed by atoms with van der Waals surface area (Å²) in [6, 6.07) is 5.24. The highest BCUT2D eigenvalue weighted by atomic mass is 16.6. The number of nitrogens with two attached hydrogens (primary N) is 1. The van der Waals surface area contributed by atoms with Crippen LogP contribution in [-0.2, 0) is 19.1 Å². The molecule has 4 unspecified atom stereocenters. The van der Waals surface area contributed by atoms with E-state index in [2.05, 4.69) is 13.5 Å². The fourth-order valence-corrected chi connectivity index (χ4v) is 6.17. The molecule has 8 nitrogen and oxygen atoms in total. The number of carbonyl (C=O) groups is 2. The minimum absolute atomic E-state index is 0.0544. The summed E-state index contributed by atoms with van der Waals surface area (Å²) in [5.74, 6) is 0.0737. The lowest BCUT2D eigenvalue weighted by molar-refractivity contribution is -0.156. The van der Waals surface area contributed by atoms with Gasteiger partial charge in [-0.25, -0.2) is 0 Å². The summed E-state index contributed by atoms with van der Waals surface area (Å²) in [5, 5.41) is 22.0. The van der Waals surface area contributed by atoms with Gasteiger partial charge >= 0.3 is 5.97 Å². The van der Waals surface area contributed by atoms with Crippen LogP contribution >= 0.6 is 0 Å². The highest BCUT2D eigenvalue weighted by Crippen LogP contribution is 2.56. The molecule has 2 saturated heterocycles. The molecule has 38 heavy (non-hydrogen) atoms. The van der Waals surface area contributed by atoms with Gasteiger partial charge in [0.05, 0.1) is 47.2 Å². The highest BCUT2D eigenvalue weighted by molar-refractivity contribution is 5.88. The summed E-state index contributed by atoms with van der Waals surface area (Å²) in [5.41, 5.74) is 5.73. The molecule has 4 rings (SSSR count). The number of allylic oxidation sites excluding steroid dienone is 1. The van der Waals surface area contributed by atoms with Gasteiger partial charge in [0.1, 0.15) is 17.6 Å². The van der Waals surface area contributed by atoms with Crippen LogP contribution in [0.2, 0.25) is 0 Å². The molecule has 2 heterocycles. The van der Waals surface area contributed by atoms with Gasteiger partial charge in [0.25, 0.3) is 0 Å². The Labute approximate surface area is 225 Å². The van der Waals surface area contributed by atoms with Crippen LogP contribution in [0.1, 0.15) is 78.9 Å². The van der Waals surface area contributed by atoms with Crippen LogP contribution < -0.4 is 10.5 Å². The molecule has 1 aliphatic carbocycles. The standard InChI is InChI=1S/C30H43NO7/c1-15(2)36-22-9-8-18(11-21(22)31)23-12-25-30(7,38-25)14-19-10-20(19)16(3)27(34)17(4)28(35)29(5,6)24(32)13-26(33)37-23/h8-9,11,16-17,19-20,23-25,27,32,34H,1,10,12-14,31H2,2-7H3/t16-,17+,19?,20?,23-,24-,25?,27-,30?/m0/s1. The normalized spacial score (nSPS) is 39.4. The first-order chi connectivity index (χ1) is 17.6. The monoisotopic (exact) mass is 529 g/mol. The third-order valence-electron chi connectivity index (χ3n) is 9.04. The van der Waals surface area contributed by atoms with Crippen molar-refractivity contribution in [3.05, 3.63) is 36.1 Å². The van der Waals surface area contributed by atoms with Crippen LogP contribution in [0.4, 0.5) is 5.69 Å². The molecule has 1 aromatic rings. The third kappa shape index (κ3) is 5.77.